The van der Waals surface area contributed by atoms with Crippen LogP contribution in [0.1, 0.15) is 42.6 Å². The van der Waals surface area contributed by atoms with E-state index in [9.17, 15) is 19.7 Å². The smallest absolute Gasteiger partial charge is 0.305 e. The highest BCUT2D eigenvalue weighted by atomic mass is 32.1. The number of carbonyl (C=O) groups excluding carboxylic acids is 1. The van der Waals surface area contributed by atoms with E-state index in [4.69, 9.17) is 5.11 Å². The van der Waals surface area contributed by atoms with Crippen molar-refractivity contribution >= 4 is 28.9 Å². The molecule has 1 amide bonds. The Morgan fingerprint density at radius 1 is 1.35 bits per heavy atom. The Kier molecular flexibility index (Phi) is 4.99. The lowest BCUT2D eigenvalue weighted by atomic mass is 9.93. The second-order valence-corrected chi connectivity index (χ2v) is 7.22. The molecule has 1 heterocycles. The zero-order chi connectivity index (χ0) is 18.7. The van der Waals surface area contributed by atoms with Crippen LogP contribution in [0.3, 0.4) is 0 Å². The standard InChI is InChI=1S/C17H17N3O5S/c21-14(22)9-17(6-1-2-7-17)19-15(23)13-10-26-16(18-13)11-4-3-5-12(8-11)20(24)25/h3-5,8,10H,1-2,6-7,9H2,(H,19,23)(H,21,22). The number of nitro groups is 1. The first-order valence-electron chi connectivity index (χ1n) is 8.13. The molecule has 1 saturated carbocycles. The summed E-state index contributed by atoms with van der Waals surface area (Å²) in [6, 6.07) is 6.05. The molecule has 1 aliphatic carbocycles. The average Bonchev–Trinajstić information content (AvgIpc) is 3.24. The number of carboxylic acid groups (broad SMARTS) is 1. The van der Waals surface area contributed by atoms with Gasteiger partial charge in [0.25, 0.3) is 11.6 Å². The number of aromatic nitrogens is 1. The summed E-state index contributed by atoms with van der Waals surface area (Å²) in [6.07, 6.45) is 2.91. The summed E-state index contributed by atoms with van der Waals surface area (Å²) in [7, 11) is 0. The number of benzene rings is 1. The van der Waals surface area contributed by atoms with Gasteiger partial charge in [-0.2, -0.15) is 0 Å². The Labute approximate surface area is 153 Å². The summed E-state index contributed by atoms with van der Waals surface area (Å²) in [5.41, 5.74) is -0.0225. The van der Waals surface area contributed by atoms with Gasteiger partial charge in [-0.25, -0.2) is 4.98 Å². The topological polar surface area (TPSA) is 122 Å². The minimum Gasteiger partial charge on any atom is -0.481 e. The monoisotopic (exact) mass is 375 g/mol. The fraction of sp³-hybridized carbons (Fsp3) is 0.353. The van der Waals surface area contributed by atoms with Crippen molar-refractivity contribution in [1.82, 2.24) is 10.3 Å². The third kappa shape index (κ3) is 3.88. The third-order valence-corrected chi connectivity index (χ3v) is 5.36. The van der Waals surface area contributed by atoms with Gasteiger partial charge in [-0.1, -0.05) is 25.0 Å². The van der Waals surface area contributed by atoms with Gasteiger partial charge < -0.3 is 10.4 Å². The first kappa shape index (κ1) is 18.0. The van der Waals surface area contributed by atoms with Gasteiger partial charge in [-0.3, -0.25) is 19.7 Å². The summed E-state index contributed by atoms with van der Waals surface area (Å²) >= 11 is 1.21. The SMILES string of the molecule is O=C(O)CC1(NC(=O)c2csc(-c3cccc([N+](=O)[O-])c3)n2)CCCC1. The number of nitrogens with zero attached hydrogens (tertiary/aromatic N) is 2. The van der Waals surface area contributed by atoms with Crippen LogP contribution in [0.5, 0.6) is 0 Å². The Morgan fingerprint density at radius 2 is 2.08 bits per heavy atom. The second-order valence-electron chi connectivity index (χ2n) is 6.36. The Hall–Kier alpha value is -2.81. The van der Waals surface area contributed by atoms with Crippen LogP contribution >= 0.6 is 11.3 Å². The molecule has 1 aromatic heterocycles. The highest BCUT2D eigenvalue weighted by Crippen LogP contribution is 2.33. The Morgan fingerprint density at radius 3 is 2.73 bits per heavy atom. The van der Waals surface area contributed by atoms with E-state index in [1.807, 2.05) is 0 Å². The molecule has 8 nitrogen and oxygen atoms in total. The molecule has 136 valence electrons. The number of aliphatic carboxylic acids is 1. The maximum absolute atomic E-state index is 12.5. The summed E-state index contributed by atoms with van der Waals surface area (Å²) in [6.45, 7) is 0. The number of hydrogen-bond donors (Lipinski definition) is 2. The van der Waals surface area contributed by atoms with E-state index in [0.29, 0.717) is 23.4 Å². The molecule has 0 unspecified atom stereocenters. The van der Waals surface area contributed by atoms with Gasteiger partial charge in [0.05, 0.1) is 16.9 Å². The molecule has 0 saturated heterocycles. The number of nitrogens with one attached hydrogen (secondary N) is 1. The largest absolute Gasteiger partial charge is 0.481 e. The lowest BCUT2D eigenvalue weighted by Gasteiger charge is -2.28. The van der Waals surface area contributed by atoms with Crippen LogP contribution in [0.2, 0.25) is 0 Å². The number of amides is 1. The Bertz CT molecular complexity index is 858. The number of non-ortho nitro benzene ring substituents is 1. The molecule has 3 rings (SSSR count). The van der Waals surface area contributed by atoms with E-state index >= 15 is 0 Å². The Balaban J connectivity index is 1.79. The van der Waals surface area contributed by atoms with Gasteiger partial charge >= 0.3 is 5.97 Å². The molecule has 2 N–H and O–H groups in total. The van der Waals surface area contributed by atoms with Crippen molar-refractivity contribution < 1.29 is 19.6 Å². The predicted octanol–water partition coefficient (Wildman–Crippen LogP) is 3.24. The first-order chi connectivity index (χ1) is 12.4. The molecule has 0 bridgehead atoms. The lowest BCUT2D eigenvalue weighted by Crippen LogP contribution is -2.47. The number of nitro benzene ring substituents is 1. The maximum atomic E-state index is 12.5. The predicted molar refractivity (Wildman–Crippen MR) is 95.1 cm³/mol. The van der Waals surface area contributed by atoms with E-state index in [2.05, 4.69) is 10.3 Å². The van der Waals surface area contributed by atoms with Gasteiger partial charge in [0.2, 0.25) is 0 Å². The number of carbonyl (C=O) groups is 2. The highest BCUT2D eigenvalue weighted by molar-refractivity contribution is 7.13. The van der Waals surface area contributed by atoms with Crippen molar-refractivity contribution in [2.24, 2.45) is 0 Å². The first-order valence-corrected chi connectivity index (χ1v) is 9.01. The molecule has 0 radical (unpaired) electrons. The van der Waals surface area contributed by atoms with Crippen LogP contribution in [-0.2, 0) is 4.79 Å². The summed E-state index contributed by atoms with van der Waals surface area (Å²) < 4.78 is 0. The molecule has 26 heavy (non-hydrogen) atoms. The van der Waals surface area contributed by atoms with E-state index in [0.717, 1.165) is 12.8 Å². The van der Waals surface area contributed by atoms with Crippen molar-refractivity contribution in [1.29, 1.82) is 0 Å². The van der Waals surface area contributed by atoms with Crippen molar-refractivity contribution in [3.63, 3.8) is 0 Å². The minimum atomic E-state index is -0.942. The zero-order valence-corrected chi connectivity index (χ0v) is 14.6. The molecular weight excluding hydrogens is 358 g/mol. The average molecular weight is 375 g/mol. The molecule has 9 heteroatoms. The van der Waals surface area contributed by atoms with Crippen LogP contribution in [0.4, 0.5) is 5.69 Å². The van der Waals surface area contributed by atoms with Crippen molar-refractivity contribution in [2.45, 2.75) is 37.6 Å². The molecule has 1 aliphatic rings. The molecule has 1 aromatic carbocycles. The number of carboxylic acids is 1. The van der Waals surface area contributed by atoms with Crippen LogP contribution in [0.25, 0.3) is 10.6 Å². The summed E-state index contributed by atoms with van der Waals surface area (Å²) in [5, 5.41) is 24.9. The van der Waals surface area contributed by atoms with Crippen LogP contribution < -0.4 is 5.32 Å². The molecule has 0 atom stereocenters. The normalized spacial score (nSPS) is 15.5. The van der Waals surface area contributed by atoms with Crippen molar-refractivity contribution in [2.75, 3.05) is 0 Å². The molecule has 2 aromatic rings. The van der Waals surface area contributed by atoms with Gasteiger partial charge in [0.1, 0.15) is 10.7 Å². The summed E-state index contributed by atoms with van der Waals surface area (Å²) in [4.78, 5) is 38.3. The van der Waals surface area contributed by atoms with E-state index < -0.39 is 22.3 Å². The minimum absolute atomic E-state index is 0.0462. The number of thiazole rings is 1. The fourth-order valence-corrected chi connectivity index (χ4v) is 4.05. The molecule has 0 spiro atoms. The van der Waals surface area contributed by atoms with Gasteiger partial charge in [-0.15, -0.1) is 11.3 Å². The van der Waals surface area contributed by atoms with Crippen LogP contribution in [0.15, 0.2) is 29.6 Å². The van der Waals surface area contributed by atoms with E-state index in [1.165, 1.54) is 23.5 Å². The van der Waals surface area contributed by atoms with Crippen molar-refractivity contribution in [3.05, 3.63) is 45.5 Å². The molecule has 0 aliphatic heterocycles. The third-order valence-electron chi connectivity index (χ3n) is 4.47. The quantitative estimate of drug-likeness (QED) is 0.590. The maximum Gasteiger partial charge on any atom is 0.305 e. The number of hydrogen-bond acceptors (Lipinski definition) is 6. The van der Waals surface area contributed by atoms with Crippen LogP contribution in [-0.4, -0.2) is 32.4 Å². The van der Waals surface area contributed by atoms with Crippen LogP contribution in [0, 0.1) is 10.1 Å². The second kappa shape index (κ2) is 7.20. The van der Waals surface area contributed by atoms with E-state index in [-0.39, 0.29) is 17.8 Å². The molecular formula is C17H17N3O5S. The zero-order valence-electron chi connectivity index (χ0n) is 13.8. The lowest BCUT2D eigenvalue weighted by molar-refractivity contribution is -0.384. The highest BCUT2D eigenvalue weighted by Gasteiger charge is 2.38. The molecule has 1 fully saturated rings. The van der Waals surface area contributed by atoms with Gasteiger partial charge in [-0.05, 0) is 12.8 Å². The van der Waals surface area contributed by atoms with Crippen molar-refractivity contribution in [3.8, 4) is 10.6 Å². The summed E-state index contributed by atoms with van der Waals surface area (Å²) in [5.74, 6) is -1.36. The van der Waals surface area contributed by atoms with Gasteiger partial charge in [0.15, 0.2) is 0 Å². The fourth-order valence-electron chi connectivity index (χ4n) is 3.26. The van der Waals surface area contributed by atoms with Gasteiger partial charge in [0, 0.05) is 23.1 Å². The number of rotatable bonds is 6. The van der Waals surface area contributed by atoms with E-state index in [1.54, 1.807) is 17.5 Å².